The second-order valence-electron chi connectivity index (χ2n) is 14.9. The van der Waals surface area contributed by atoms with E-state index in [1.165, 1.54) is 128 Å². The Kier molecular flexibility index (Phi) is 37.9. The second kappa shape index (κ2) is 37.1. The van der Waals surface area contributed by atoms with Crippen LogP contribution in [0, 0.1) is 0 Å². The summed E-state index contributed by atoms with van der Waals surface area (Å²) < 4.78 is 12.0. The zero-order chi connectivity index (χ0) is 34.7. The van der Waals surface area contributed by atoms with Gasteiger partial charge < -0.3 is 30.9 Å². The Balaban J connectivity index is 0. The lowest BCUT2D eigenvalue weighted by atomic mass is 10.1. The number of halogens is 1. The average molecular weight is 743 g/mol. The molecule has 0 aliphatic carbocycles. The van der Waals surface area contributed by atoms with Crippen LogP contribution in [0.4, 0.5) is 0 Å². The molecule has 0 spiro atoms. The van der Waals surface area contributed by atoms with Crippen LogP contribution in [0.25, 0.3) is 0 Å². The van der Waals surface area contributed by atoms with Gasteiger partial charge in [0.15, 0.2) is 6.10 Å². The van der Waals surface area contributed by atoms with E-state index >= 15 is 0 Å². The van der Waals surface area contributed by atoms with Gasteiger partial charge in [-0.05, 0) is 64.2 Å². The summed E-state index contributed by atoms with van der Waals surface area (Å²) in [7, 11) is 6.20. The predicted octanol–water partition coefficient (Wildman–Crippen LogP) is 9.23. The maximum absolute atomic E-state index is 12.6. The van der Waals surface area contributed by atoms with Crippen molar-refractivity contribution in [3.8, 4) is 0 Å². The molecule has 0 rings (SSSR count). The quantitative estimate of drug-likeness (QED) is 0.0281. The number of carbonyl (C=O) groups is 2. The summed E-state index contributed by atoms with van der Waals surface area (Å²) in [5.41, 5.74) is 0. The minimum atomic E-state index is -0.399. The monoisotopic (exact) mass is 742 g/mol. The van der Waals surface area contributed by atoms with Crippen LogP contribution in [0.2, 0.25) is 0 Å². The van der Waals surface area contributed by atoms with E-state index in [4.69, 9.17) is 9.47 Å². The molecule has 0 aromatic rings. The number of esters is 2. The van der Waals surface area contributed by atoms with Crippen LogP contribution in [0.5, 0.6) is 0 Å². The van der Waals surface area contributed by atoms with Crippen molar-refractivity contribution in [3.05, 3.63) is 24.3 Å². The second-order valence-corrected chi connectivity index (χ2v) is 14.9. The van der Waals surface area contributed by atoms with Crippen molar-refractivity contribution >= 4 is 11.9 Å². The largest absolute Gasteiger partial charge is 1.00 e. The molecule has 0 heterocycles. The number of likely N-dealkylation sites (N-methyl/N-ethyl adjacent to an activating group) is 1. The molecule has 0 amide bonds. The van der Waals surface area contributed by atoms with Gasteiger partial charge in [0.2, 0.25) is 0 Å². The number of carbonyl (C=O) groups excluding carboxylic acids is 2. The fourth-order valence-electron chi connectivity index (χ4n) is 5.92. The van der Waals surface area contributed by atoms with Crippen molar-refractivity contribution in [2.75, 3.05) is 34.3 Å². The van der Waals surface area contributed by atoms with E-state index in [9.17, 15) is 9.59 Å². The van der Waals surface area contributed by atoms with Crippen LogP contribution < -0.4 is 17.0 Å². The highest BCUT2D eigenvalue weighted by Crippen LogP contribution is 2.13. The number of unbranched alkanes of at least 4 members (excludes halogenated alkanes) is 22. The number of rotatable bonds is 35. The zero-order valence-electron chi connectivity index (χ0n) is 32.6. The molecule has 6 heteroatoms. The molecule has 0 fully saturated rings. The third-order valence-electron chi connectivity index (χ3n) is 8.77. The fourth-order valence-corrected chi connectivity index (χ4v) is 5.92. The first-order chi connectivity index (χ1) is 22.8. The Morgan fingerprint density at radius 2 is 0.833 bits per heavy atom. The Hall–Kier alpha value is -1.14. The summed E-state index contributed by atoms with van der Waals surface area (Å²) in [4.78, 5) is 24.9. The SMILES string of the molecule is CCCCCCCCC=CCCCCCCCC(=O)OCC(C[N+](C)(C)C)OC(=O)CCCCCCCC=CCCCCCCCC.[Br-]. The first-order valence-corrected chi connectivity index (χ1v) is 20.2. The first kappa shape index (κ1) is 49.0. The summed E-state index contributed by atoms with van der Waals surface area (Å²) in [6.45, 7) is 5.31. The van der Waals surface area contributed by atoms with Gasteiger partial charge in [0.1, 0.15) is 13.2 Å². The minimum absolute atomic E-state index is 0. The molecule has 0 saturated carbocycles. The summed E-state index contributed by atoms with van der Waals surface area (Å²) >= 11 is 0. The van der Waals surface area contributed by atoms with E-state index in [1.807, 2.05) is 0 Å². The molecular weight excluding hydrogens is 662 g/mol. The van der Waals surface area contributed by atoms with Crippen molar-refractivity contribution in [1.82, 2.24) is 0 Å². The van der Waals surface area contributed by atoms with Crippen molar-refractivity contribution in [2.24, 2.45) is 0 Å². The molecule has 0 radical (unpaired) electrons. The highest BCUT2D eigenvalue weighted by atomic mass is 79.9. The minimum Gasteiger partial charge on any atom is -1.00 e. The van der Waals surface area contributed by atoms with Gasteiger partial charge in [-0.15, -0.1) is 0 Å². The van der Waals surface area contributed by atoms with Crippen LogP contribution in [0.3, 0.4) is 0 Å². The first-order valence-electron chi connectivity index (χ1n) is 20.2. The van der Waals surface area contributed by atoms with E-state index in [0.29, 0.717) is 23.9 Å². The standard InChI is InChI=1S/C42H80NO4.BrH/c1-6-8-10-12-14-16-18-20-22-24-26-28-30-32-34-36-41(44)46-39-40(38-43(3,4)5)47-42(45)37-35-33-31-29-27-25-23-21-19-17-15-13-11-9-7-2;/h20-23,40H,6-19,24-39H2,1-5H3;1H/q+1;/p-1. The number of allylic oxidation sites excluding steroid dienone is 4. The molecule has 1 unspecified atom stereocenters. The van der Waals surface area contributed by atoms with E-state index in [-0.39, 0.29) is 35.5 Å². The van der Waals surface area contributed by atoms with Crippen molar-refractivity contribution < 1.29 is 40.5 Å². The molecular formula is C42H80BrNO4. The number of hydrogen-bond acceptors (Lipinski definition) is 4. The van der Waals surface area contributed by atoms with Crippen LogP contribution in [0.15, 0.2) is 24.3 Å². The van der Waals surface area contributed by atoms with E-state index in [1.54, 1.807) is 0 Å². The summed E-state index contributed by atoms with van der Waals surface area (Å²) in [6, 6.07) is 0. The fraction of sp³-hybridized carbons (Fsp3) is 0.857. The van der Waals surface area contributed by atoms with Crippen molar-refractivity contribution in [2.45, 2.75) is 200 Å². The average Bonchev–Trinajstić information content (AvgIpc) is 3.03. The molecule has 0 aliphatic heterocycles. The Morgan fingerprint density at radius 3 is 1.21 bits per heavy atom. The molecule has 0 N–H and O–H groups in total. The van der Waals surface area contributed by atoms with Gasteiger partial charge in [-0.3, -0.25) is 9.59 Å². The number of quaternary nitrogens is 1. The normalized spacial score (nSPS) is 12.4. The topological polar surface area (TPSA) is 52.6 Å². The lowest BCUT2D eigenvalue weighted by Gasteiger charge is -2.28. The van der Waals surface area contributed by atoms with Crippen molar-refractivity contribution in [3.63, 3.8) is 0 Å². The van der Waals surface area contributed by atoms with Crippen LogP contribution in [-0.4, -0.2) is 56.8 Å². The molecule has 0 bridgehead atoms. The van der Waals surface area contributed by atoms with Gasteiger partial charge in [-0.25, -0.2) is 0 Å². The molecule has 0 saturated heterocycles. The van der Waals surface area contributed by atoms with Crippen LogP contribution >= 0.6 is 0 Å². The molecule has 0 aromatic heterocycles. The Labute approximate surface area is 309 Å². The van der Waals surface area contributed by atoms with Gasteiger partial charge in [0, 0.05) is 12.8 Å². The third kappa shape index (κ3) is 39.3. The maximum Gasteiger partial charge on any atom is 0.306 e. The van der Waals surface area contributed by atoms with Crippen molar-refractivity contribution in [1.29, 1.82) is 0 Å². The Bertz CT molecular complexity index is 761. The number of hydrogen-bond donors (Lipinski definition) is 0. The summed E-state index contributed by atoms with van der Waals surface area (Å²) in [5.74, 6) is -0.350. The smallest absolute Gasteiger partial charge is 0.306 e. The highest BCUT2D eigenvalue weighted by Gasteiger charge is 2.23. The van der Waals surface area contributed by atoms with Gasteiger partial charge in [0.25, 0.3) is 0 Å². The van der Waals surface area contributed by atoms with E-state index in [0.717, 1.165) is 38.5 Å². The summed E-state index contributed by atoms with van der Waals surface area (Å²) in [6.07, 6.45) is 42.1. The molecule has 284 valence electrons. The van der Waals surface area contributed by atoms with Crippen LogP contribution in [-0.2, 0) is 19.1 Å². The lowest BCUT2D eigenvalue weighted by Crippen LogP contribution is -3.00. The molecule has 0 aromatic carbocycles. The highest BCUT2D eigenvalue weighted by molar-refractivity contribution is 5.70. The summed E-state index contributed by atoms with van der Waals surface area (Å²) in [5, 5.41) is 0. The maximum atomic E-state index is 12.6. The van der Waals surface area contributed by atoms with E-state index < -0.39 is 6.10 Å². The van der Waals surface area contributed by atoms with Gasteiger partial charge in [-0.1, -0.05) is 141 Å². The Morgan fingerprint density at radius 1 is 0.500 bits per heavy atom. The molecule has 48 heavy (non-hydrogen) atoms. The number of nitrogens with zero attached hydrogens (tertiary/aromatic N) is 1. The lowest BCUT2D eigenvalue weighted by molar-refractivity contribution is -0.873. The van der Waals surface area contributed by atoms with Gasteiger partial charge in [-0.2, -0.15) is 0 Å². The molecule has 0 aliphatic rings. The molecule has 1 atom stereocenters. The van der Waals surface area contributed by atoms with Gasteiger partial charge in [0.05, 0.1) is 21.1 Å². The van der Waals surface area contributed by atoms with Crippen LogP contribution in [0.1, 0.15) is 194 Å². The molecule has 5 nitrogen and oxygen atoms in total. The third-order valence-corrected chi connectivity index (χ3v) is 8.77. The zero-order valence-corrected chi connectivity index (χ0v) is 34.1. The predicted molar refractivity (Wildman–Crippen MR) is 203 cm³/mol. The van der Waals surface area contributed by atoms with Gasteiger partial charge >= 0.3 is 11.9 Å². The number of ether oxygens (including phenoxy) is 2. The van der Waals surface area contributed by atoms with E-state index in [2.05, 4.69) is 59.3 Å².